The molecule has 0 bridgehead atoms. The number of carbonyl (C=O) groups excluding carboxylic acids is 1. The summed E-state index contributed by atoms with van der Waals surface area (Å²) >= 11 is 0. The Balaban J connectivity index is 2.33. The van der Waals surface area contributed by atoms with Crippen molar-refractivity contribution in [1.82, 2.24) is 0 Å². The number of esters is 1. The van der Waals surface area contributed by atoms with Crippen LogP contribution in [0, 0.1) is 17.3 Å². The van der Waals surface area contributed by atoms with Gasteiger partial charge in [0.2, 0.25) is 0 Å². The molecule has 0 aromatic heterocycles. The highest BCUT2D eigenvalue weighted by atomic mass is 16.7. The summed E-state index contributed by atoms with van der Waals surface area (Å²) in [5.41, 5.74) is -0.240. The molecule has 0 amide bonds. The number of aliphatic hydroxyl groups is 1. The highest BCUT2D eigenvalue weighted by molar-refractivity contribution is 5.73. The molecule has 1 saturated heterocycles. The second kappa shape index (κ2) is 7.73. The highest BCUT2D eigenvalue weighted by Gasteiger charge is 2.54. The molecule has 2 fully saturated rings. The topological polar surface area (TPSA) is 74.2 Å². The number of hydrogen-bond acceptors (Lipinski definition) is 6. The van der Waals surface area contributed by atoms with Gasteiger partial charge in [-0.2, -0.15) is 0 Å². The Bertz CT molecular complexity index is 368. The second-order valence-electron chi connectivity index (χ2n) is 6.34. The third-order valence-electron chi connectivity index (χ3n) is 5.07. The standard InChI is InChI=1S/C16H28O6/c1-4-20-11-5-6-16(2,7-8-17)13(12(11)14(18)19-3)15-21-9-10-22-15/h11-13,15,17H,4-10H2,1-3H3/t11-,12-,13+,16-/m0/s1. The third-order valence-corrected chi connectivity index (χ3v) is 5.07. The first-order valence-electron chi connectivity index (χ1n) is 8.11. The van der Waals surface area contributed by atoms with Crippen LogP contribution in [0.4, 0.5) is 0 Å². The van der Waals surface area contributed by atoms with Gasteiger partial charge in [-0.05, 0) is 31.6 Å². The first-order chi connectivity index (χ1) is 10.6. The van der Waals surface area contributed by atoms with Gasteiger partial charge in [0.25, 0.3) is 0 Å². The van der Waals surface area contributed by atoms with Crippen molar-refractivity contribution in [3.8, 4) is 0 Å². The van der Waals surface area contributed by atoms with E-state index >= 15 is 0 Å². The quantitative estimate of drug-likeness (QED) is 0.746. The van der Waals surface area contributed by atoms with Crippen LogP contribution < -0.4 is 0 Å². The first-order valence-corrected chi connectivity index (χ1v) is 8.11. The lowest BCUT2D eigenvalue weighted by Gasteiger charge is -2.49. The van der Waals surface area contributed by atoms with E-state index in [1.807, 2.05) is 6.92 Å². The summed E-state index contributed by atoms with van der Waals surface area (Å²) in [5, 5.41) is 9.47. The van der Waals surface area contributed by atoms with Crippen LogP contribution in [0.5, 0.6) is 0 Å². The predicted octanol–water partition coefficient (Wildman–Crippen LogP) is 1.35. The van der Waals surface area contributed by atoms with Gasteiger partial charge in [0.05, 0.1) is 32.3 Å². The molecule has 2 aliphatic rings. The molecule has 0 radical (unpaired) electrons. The number of carbonyl (C=O) groups is 1. The molecule has 6 heteroatoms. The third kappa shape index (κ3) is 3.45. The SMILES string of the molecule is CCO[C@H]1CC[C@@](C)(CCO)[C@@H](C2OCCO2)[C@H]1C(=O)OC. The summed E-state index contributed by atoms with van der Waals surface area (Å²) in [4.78, 5) is 12.4. The number of hydrogen-bond donors (Lipinski definition) is 1. The van der Waals surface area contributed by atoms with Gasteiger partial charge in [-0.1, -0.05) is 6.92 Å². The van der Waals surface area contributed by atoms with E-state index in [9.17, 15) is 9.90 Å². The lowest BCUT2D eigenvalue weighted by Crippen LogP contribution is -2.54. The fourth-order valence-corrected chi connectivity index (χ4v) is 3.95. The van der Waals surface area contributed by atoms with E-state index in [-0.39, 0.29) is 30.0 Å². The molecule has 6 nitrogen and oxygen atoms in total. The number of methoxy groups -OCH3 is 1. The maximum absolute atomic E-state index is 12.4. The Hall–Kier alpha value is -0.690. The molecule has 1 heterocycles. The molecule has 2 rings (SSSR count). The fourth-order valence-electron chi connectivity index (χ4n) is 3.95. The molecule has 128 valence electrons. The lowest BCUT2D eigenvalue weighted by atomic mass is 9.59. The van der Waals surface area contributed by atoms with Crippen LogP contribution in [0.3, 0.4) is 0 Å². The minimum absolute atomic E-state index is 0.0763. The Kier molecular flexibility index (Phi) is 6.20. The van der Waals surface area contributed by atoms with Gasteiger partial charge in [-0.15, -0.1) is 0 Å². The van der Waals surface area contributed by atoms with Crippen LogP contribution in [0.1, 0.15) is 33.1 Å². The van der Waals surface area contributed by atoms with E-state index in [2.05, 4.69) is 6.92 Å². The van der Waals surface area contributed by atoms with E-state index < -0.39 is 12.2 Å². The van der Waals surface area contributed by atoms with Gasteiger partial charge < -0.3 is 24.1 Å². The summed E-state index contributed by atoms with van der Waals surface area (Å²) in [6.45, 7) is 5.71. The van der Waals surface area contributed by atoms with Crippen molar-refractivity contribution in [2.24, 2.45) is 17.3 Å². The molecular formula is C16H28O6. The van der Waals surface area contributed by atoms with E-state index in [4.69, 9.17) is 18.9 Å². The van der Waals surface area contributed by atoms with E-state index in [0.29, 0.717) is 26.2 Å². The predicted molar refractivity (Wildman–Crippen MR) is 79.1 cm³/mol. The molecule has 22 heavy (non-hydrogen) atoms. The maximum Gasteiger partial charge on any atom is 0.311 e. The zero-order chi connectivity index (χ0) is 16.2. The summed E-state index contributed by atoms with van der Waals surface area (Å²) < 4.78 is 22.3. The smallest absolute Gasteiger partial charge is 0.311 e. The van der Waals surface area contributed by atoms with Crippen molar-refractivity contribution in [3.05, 3.63) is 0 Å². The zero-order valence-corrected chi connectivity index (χ0v) is 13.7. The molecule has 1 aliphatic heterocycles. The summed E-state index contributed by atoms with van der Waals surface area (Å²) in [6, 6.07) is 0. The van der Waals surface area contributed by atoms with Crippen molar-refractivity contribution in [2.45, 2.75) is 45.5 Å². The lowest BCUT2D eigenvalue weighted by molar-refractivity contribution is -0.200. The maximum atomic E-state index is 12.4. The molecule has 0 aromatic rings. The summed E-state index contributed by atoms with van der Waals surface area (Å²) in [5.74, 6) is -0.898. The van der Waals surface area contributed by atoms with Crippen molar-refractivity contribution in [3.63, 3.8) is 0 Å². The first kappa shape index (κ1) is 17.7. The average molecular weight is 316 g/mol. The van der Waals surface area contributed by atoms with Gasteiger partial charge in [-0.3, -0.25) is 4.79 Å². The van der Waals surface area contributed by atoms with Crippen LogP contribution in [0.15, 0.2) is 0 Å². The van der Waals surface area contributed by atoms with Crippen LogP contribution in [0.25, 0.3) is 0 Å². The Morgan fingerprint density at radius 1 is 1.36 bits per heavy atom. The Morgan fingerprint density at radius 2 is 2.05 bits per heavy atom. The average Bonchev–Trinajstić information content (AvgIpc) is 3.02. The van der Waals surface area contributed by atoms with Crippen molar-refractivity contribution >= 4 is 5.97 Å². The minimum Gasteiger partial charge on any atom is -0.469 e. The monoisotopic (exact) mass is 316 g/mol. The minimum atomic E-state index is -0.441. The van der Waals surface area contributed by atoms with Crippen LogP contribution >= 0.6 is 0 Å². The summed E-state index contributed by atoms with van der Waals surface area (Å²) in [6.07, 6.45) is 1.60. The van der Waals surface area contributed by atoms with E-state index in [1.165, 1.54) is 7.11 Å². The van der Waals surface area contributed by atoms with Crippen molar-refractivity contribution < 1.29 is 28.8 Å². The van der Waals surface area contributed by atoms with E-state index in [1.54, 1.807) is 0 Å². The van der Waals surface area contributed by atoms with Crippen molar-refractivity contribution in [2.75, 3.05) is 33.5 Å². The van der Waals surface area contributed by atoms with Crippen LogP contribution in [0.2, 0.25) is 0 Å². The molecule has 1 saturated carbocycles. The second-order valence-corrected chi connectivity index (χ2v) is 6.34. The molecule has 0 unspecified atom stereocenters. The van der Waals surface area contributed by atoms with Gasteiger partial charge in [0.1, 0.15) is 0 Å². The summed E-state index contributed by atoms with van der Waals surface area (Å²) in [7, 11) is 1.40. The van der Waals surface area contributed by atoms with E-state index in [0.717, 1.165) is 12.8 Å². The van der Waals surface area contributed by atoms with Gasteiger partial charge >= 0.3 is 5.97 Å². The normalized spacial score (nSPS) is 36.5. The molecule has 4 atom stereocenters. The number of aliphatic hydroxyl groups excluding tert-OH is 1. The van der Waals surface area contributed by atoms with Gasteiger partial charge in [0, 0.05) is 19.1 Å². The van der Waals surface area contributed by atoms with Crippen LogP contribution in [-0.4, -0.2) is 57.0 Å². The molecular weight excluding hydrogens is 288 g/mol. The largest absolute Gasteiger partial charge is 0.469 e. The molecule has 0 aromatic carbocycles. The molecule has 0 spiro atoms. The number of ether oxygens (including phenoxy) is 4. The van der Waals surface area contributed by atoms with Crippen LogP contribution in [-0.2, 0) is 23.7 Å². The van der Waals surface area contributed by atoms with Crippen molar-refractivity contribution in [1.29, 1.82) is 0 Å². The van der Waals surface area contributed by atoms with Gasteiger partial charge in [0.15, 0.2) is 6.29 Å². The fraction of sp³-hybridized carbons (Fsp3) is 0.938. The molecule has 1 N–H and O–H groups in total. The molecule has 1 aliphatic carbocycles. The zero-order valence-electron chi connectivity index (χ0n) is 13.7. The van der Waals surface area contributed by atoms with Gasteiger partial charge in [-0.25, -0.2) is 0 Å². The number of rotatable bonds is 6. The Morgan fingerprint density at radius 3 is 2.59 bits per heavy atom. The highest BCUT2D eigenvalue weighted by Crippen LogP contribution is 2.50. The Labute approximate surface area is 132 Å².